The Bertz CT molecular complexity index is 752. The Labute approximate surface area is 148 Å². The van der Waals surface area contributed by atoms with Crippen molar-refractivity contribution in [2.75, 3.05) is 19.6 Å². The highest BCUT2D eigenvalue weighted by atomic mass is 16.2. The van der Waals surface area contributed by atoms with E-state index in [4.69, 9.17) is 0 Å². The Balaban J connectivity index is 1.40. The summed E-state index contributed by atoms with van der Waals surface area (Å²) < 4.78 is 0. The van der Waals surface area contributed by atoms with Crippen LogP contribution in [0, 0.1) is 0 Å². The third kappa shape index (κ3) is 3.10. The number of nitrogens with zero attached hydrogens (tertiary/aromatic N) is 2. The van der Waals surface area contributed by atoms with Crippen LogP contribution in [-0.4, -0.2) is 47.3 Å². The summed E-state index contributed by atoms with van der Waals surface area (Å²) in [6, 6.07) is 18.1. The monoisotopic (exact) mass is 334 g/mol. The van der Waals surface area contributed by atoms with Crippen molar-refractivity contribution in [3.05, 3.63) is 71.3 Å². The van der Waals surface area contributed by atoms with Gasteiger partial charge in [0.1, 0.15) is 0 Å². The highest BCUT2D eigenvalue weighted by Crippen LogP contribution is 2.24. The molecule has 2 aliphatic rings. The van der Waals surface area contributed by atoms with Crippen molar-refractivity contribution in [3.63, 3.8) is 0 Å². The molecule has 25 heavy (non-hydrogen) atoms. The number of benzene rings is 2. The summed E-state index contributed by atoms with van der Waals surface area (Å²) in [6.45, 7) is 2.27. The van der Waals surface area contributed by atoms with E-state index in [2.05, 4.69) is 29.2 Å². The van der Waals surface area contributed by atoms with Crippen molar-refractivity contribution < 1.29 is 9.59 Å². The predicted octanol–water partition coefficient (Wildman–Crippen LogP) is 2.99. The maximum atomic E-state index is 12.5. The lowest BCUT2D eigenvalue weighted by Crippen LogP contribution is -2.40. The van der Waals surface area contributed by atoms with Crippen molar-refractivity contribution in [1.29, 1.82) is 0 Å². The lowest BCUT2D eigenvalue weighted by Gasteiger charge is -2.26. The van der Waals surface area contributed by atoms with Crippen LogP contribution in [0.25, 0.3) is 0 Å². The quantitative estimate of drug-likeness (QED) is 0.789. The van der Waals surface area contributed by atoms with Gasteiger partial charge < -0.3 is 0 Å². The molecule has 0 aromatic heterocycles. The van der Waals surface area contributed by atoms with Crippen LogP contribution in [-0.2, 0) is 6.42 Å². The Morgan fingerprint density at radius 2 is 1.48 bits per heavy atom. The molecule has 1 saturated heterocycles. The zero-order chi connectivity index (χ0) is 17.2. The predicted molar refractivity (Wildman–Crippen MR) is 96.6 cm³/mol. The number of hydrogen-bond acceptors (Lipinski definition) is 3. The van der Waals surface area contributed by atoms with Crippen LogP contribution in [0.5, 0.6) is 0 Å². The Morgan fingerprint density at radius 3 is 2.16 bits per heavy atom. The van der Waals surface area contributed by atoms with E-state index in [0.29, 0.717) is 23.7 Å². The molecule has 4 nitrogen and oxygen atoms in total. The molecule has 0 radical (unpaired) electrons. The first-order valence-corrected chi connectivity index (χ1v) is 8.97. The maximum Gasteiger partial charge on any atom is 0.261 e. The SMILES string of the molecule is O=C1c2ccccc2C(=O)N1CCN1CCC[C@H]1Cc1ccccc1. The lowest BCUT2D eigenvalue weighted by molar-refractivity contribution is 0.0633. The number of likely N-dealkylation sites (tertiary alicyclic amines) is 1. The highest BCUT2D eigenvalue weighted by molar-refractivity contribution is 6.21. The van der Waals surface area contributed by atoms with Crippen LogP contribution in [0.3, 0.4) is 0 Å². The van der Waals surface area contributed by atoms with Gasteiger partial charge in [0.05, 0.1) is 11.1 Å². The third-order valence-electron chi connectivity index (χ3n) is 5.30. The van der Waals surface area contributed by atoms with E-state index < -0.39 is 0 Å². The Hall–Kier alpha value is -2.46. The number of amides is 2. The molecule has 1 fully saturated rings. The minimum absolute atomic E-state index is 0.153. The number of imide groups is 1. The molecule has 4 heteroatoms. The van der Waals surface area contributed by atoms with Crippen LogP contribution < -0.4 is 0 Å². The van der Waals surface area contributed by atoms with E-state index in [1.807, 2.05) is 18.2 Å². The minimum Gasteiger partial charge on any atom is -0.298 e. The standard InChI is InChI=1S/C21H22N2O2/c24-20-18-10-4-5-11-19(18)21(25)23(20)14-13-22-12-6-9-17(22)15-16-7-2-1-3-8-16/h1-5,7-8,10-11,17H,6,9,12-15H2/t17-/m0/s1. The van der Waals surface area contributed by atoms with Crippen molar-refractivity contribution in [3.8, 4) is 0 Å². The summed E-state index contributed by atoms with van der Waals surface area (Å²) in [5.41, 5.74) is 2.42. The molecule has 2 aromatic rings. The molecule has 2 aromatic carbocycles. The van der Waals surface area contributed by atoms with Gasteiger partial charge in [-0.1, -0.05) is 42.5 Å². The summed E-state index contributed by atoms with van der Waals surface area (Å²) in [4.78, 5) is 28.8. The molecule has 0 spiro atoms. The topological polar surface area (TPSA) is 40.6 Å². The van der Waals surface area contributed by atoms with Gasteiger partial charge >= 0.3 is 0 Å². The fraction of sp³-hybridized carbons (Fsp3) is 0.333. The number of rotatable bonds is 5. The van der Waals surface area contributed by atoms with Crippen LogP contribution >= 0.6 is 0 Å². The number of carbonyl (C=O) groups is 2. The summed E-state index contributed by atoms with van der Waals surface area (Å²) in [5.74, 6) is -0.307. The zero-order valence-electron chi connectivity index (χ0n) is 14.2. The minimum atomic E-state index is -0.153. The molecular formula is C21H22N2O2. The summed E-state index contributed by atoms with van der Waals surface area (Å²) >= 11 is 0. The molecule has 0 saturated carbocycles. The van der Waals surface area contributed by atoms with E-state index >= 15 is 0 Å². The smallest absolute Gasteiger partial charge is 0.261 e. The second kappa shape index (κ2) is 6.81. The maximum absolute atomic E-state index is 12.5. The van der Waals surface area contributed by atoms with Gasteiger partial charge in [-0.2, -0.15) is 0 Å². The second-order valence-corrected chi connectivity index (χ2v) is 6.83. The van der Waals surface area contributed by atoms with Crippen LogP contribution in [0.15, 0.2) is 54.6 Å². The second-order valence-electron chi connectivity index (χ2n) is 6.83. The van der Waals surface area contributed by atoms with Crippen molar-refractivity contribution >= 4 is 11.8 Å². The van der Waals surface area contributed by atoms with E-state index in [9.17, 15) is 9.59 Å². The van der Waals surface area contributed by atoms with Gasteiger partial charge in [0.25, 0.3) is 11.8 Å². The van der Waals surface area contributed by atoms with Gasteiger partial charge in [0.15, 0.2) is 0 Å². The van der Waals surface area contributed by atoms with Gasteiger partial charge in [-0.15, -0.1) is 0 Å². The normalized spacial score (nSPS) is 20.3. The number of hydrogen-bond donors (Lipinski definition) is 0. The highest BCUT2D eigenvalue weighted by Gasteiger charge is 2.35. The first kappa shape index (κ1) is 16.0. The lowest BCUT2D eigenvalue weighted by atomic mass is 10.0. The van der Waals surface area contributed by atoms with Gasteiger partial charge in [-0.05, 0) is 43.5 Å². The first-order chi connectivity index (χ1) is 12.2. The van der Waals surface area contributed by atoms with E-state index in [0.717, 1.165) is 19.5 Å². The zero-order valence-corrected chi connectivity index (χ0v) is 14.2. The van der Waals surface area contributed by atoms with Gasteiger partial charge in [-0.3, -0.25) is 19.4 Å². The van der Waals surface area contributed by atoms with E-state index in [1.54, 1.807) is 12.1 Å². The van der Waals surface area contributed by atoms with E-state index in [1.165, 1.54) is 23.3 Å². The molecular weight excluding hydrogens is 312 g/mol. The van der Waals surface area contributed by atoms with Crippen LogP contribution in [0.2, 0.25) is 0 Å². The van der Waals surface area contributed by atoms with Crippen molar-refractivity contribution in [2.24, 2.45) is 0 Å². The molecule has 4 rings (SSSR count). The summed E-state index contributed by atoms with van der Waals surface area (Å²) in [5, 5.41) is 0. The molecule has 128 valence electrons. The molecule has 0 aliphatic carbocycles. The van der Waals surface area contributed by atoms with E-state index in [-0.39, 0.29) is 11.8 Å². The summed E-state index contributed by atoms with van der Waals surface area (Å²) in [7, 11) is 0. The molecule has 2 heterocycles. The van der Waals surface area contributed by atoms with Crippen LogP contribution in [0.4, 0.5) is 0 Å². The number of fused-ring (bicyclic) bond motifs is 1. The average Bonchev–Trinajstić information content (AvgIpc) is 3.18. The van der Waals surface area contributed by atoms with Crippen molar-refractivity contribution in [2.45, 2.75) is 25.3 Å². The third-order valence-corrected chi connectivity index (χ3v) is 5.30. The van der Waals surface area contributed by atoms with Gasteiger partial charge in [0.2, 0.25) is 0 Å². The fourth-order valence-electron chi connectivity index (χ4n) is 3.98. The van der Waals surface area contributed by atoms with Crippen molar-refractivity contribution in [1.82, 2.24) is 9.80 Å². The molecule has 0 bridgehead atoms. The fourth-order valence-corrected chi connectivity index (χ4v) is 3.98. The molecule has 2 amide bonds. The Kier molecular flexibility index (Phi) is 4.36. The average molecular weight is 334 g/mol. The number of carbonyl (C=O) groups excluding carboxylic acids is 2. The van der Waals surface area contributed by atoms with Gasteiger partial charge in [0, 0.05) is 19.1 Å². The van der Waals surface area contributed by atoms with Crippen LogP contribution in [0.1, 0.15) is 39.1 Å². The Morgan fingerprint density at radius 1 is 0.840 bits per heavy atom. The molecule has 0 N–H and O–H groups in total. The molecule has 2 aliphatic heterocycles. The summed E-state index contributed by atoms with van der Waals surface area (Å²) in [6.07, 6.45) is 3.39. The molecule has 1 atom stereocenters. The first-order valence-electron chi connectivity index (χ1n) is 8.97. The van der Waals surface area contributed by atoms with Gasteiger partial charge in [-0.25, -0.2) is 0 Å². The molecule has 0 unspecified atom stereocenters. The largest absolute Gasteiger partial charge is 0.298 e.